The number of phenolic OH excluding ortho intramolecular Hbond substituents is 1. The van der Waals surface area contributed by atoms with Crippen LogP contribution in [-0.4, -0.2) is 26.7 Å². The standard InChI is InChI=1S/C24H19BrN4O/c1-17(18-8-4-2-5-9-18)28-29-16-22(19-10-6-3-7-11-19)27-24(29)26-15-20-14-21(25)12-13-23(20)30/h2-16,30H,1H3/b26-15+,28-17?. The zero-order valence-electron chi connectivity index (χ0n) is 16.3. The van der Waals surface area contributed by atoms with Gasteiger partial charge in [0.05, 0.1) is 17.6 Å². The number of aromatic nitrogens is 2. The number of aromatic hydroxyl groups is 1. The molecule has 1 heterocycles. The number of hydrogen-bond acceptors (Lipinski definition) is 4. The molecule has 4 rings (SSSR count). The Morgan fingerprint density at radius 1 is 1.00 bits per heavy atom. The Morgan fingerprint density at radius 3 is 2.43 bits per heavy atom. The second kappa shape index (κ2) is 8.88. The minimum Gasteiger partial charge on any atom is -0.507 e. The highest BCUT2D eigenvalue weighted by atomic mass is 79.9. The van der Waals surface area contributed by atoms with Crippen molar-refractivity contribution in [3.8, 4) is 17.0 Å². The molecule has 0 amide bonds. The van der Waals surface area contributed by atoms with Crippen LogP contribution in [0.2, 0.25) is 0 Å². The van der Waals surface area contributed by atoms with Crippen LogP contribution in [0.3, 0.4) is 0 Å². The summed E-state index contributed by atoms with van der Waals surface area (Å²) in [5, 5.41) is 14.8. The Bertz CT molecular complexity index is 1210. The van der Waals surface area contributed by atoms with Crippen molar-refractivity contribution >= 4 is 33.8 Å². The normalized spacial score (nSPS) is 11.9. The Hall–Kier alpha value is -3.51. The molecule has 1 aromatic heterocycles. The van der Waals surface area contributed by atoms with E-state index in [-0.39, 0.29) is 5.75 Å². The van der Waals surface area contributed by atoms with E-state index in [1.807, 2.05) is 73.8 Å². The summed E-state index contributed by atoms with van der Waals surface area (Å²) >= 11 is 3.41. The van der Waals surface area contributed by atoms with E-state index in [0.717, 1.165) is 27.0 Å². The molecule has 0 aliphatic carbocycles. The van der Waals surface area contributed by atoms with Crippen LogP contribution in [0, 0.1) is 0 Å². The summed E-state index contributed by atoms with van der Waals surface area (Å²) in [6, 6.07) is 25.0. The maximum absolute atomic E-state index is 10.1. The van der Waals surface area contributed by atoms with Crippen molar-refractivity contribution in [1.29, 1.82) is 0 Å². The zero-order valence-corrected chi connectivity index (χ0v) is 17.9. The predicted molar refractivity (Wildman–Crippen MR) is 125 cm³/mol. The fourth-order valence-electron chi connectivity index (χ4n) is 2.93. The third kappa shape index (κ3) is 4.55. The fraction of sp³-hybridized carbons (Fsp3) is 0.0417. The topological polar surface area (TPSA) is 62.8 Å². The van der Waals surface area contributed by atoms with E-state index in [0.29, 0.717) is 11.5 Å². The van der Waals surface area contributed by atoms with Crippen LogP contribution in [0.15, 0.2) is 99.6 Å². The second-order valence-electron chi connectivity index (χ2n) is 6.65. The second-order valence-corrected chi connectivity index (χ2v) is 7.57. The minimum atomic E-state index is 0.146. The fourth-order valence-corrected chi connectivity index (χ4v) is 3.30. The van der Waals surface area contributed by atoms with Crippen molar-refractivity contribution in [1.82, 2.24) is 9.66 Å². The smallest absolute Gasteiger partial charge is 0.251 e. The lowest BCUT2D eigenvalue weighted by molar-refractivity contribution is 0.474. The summed E-state index contributed by atoms with van der Waals surface area (Å²) in [5.74, 6) is 0.566. The molecule has 0 aliphatic heterocycles. The van der Waals surface area contributed by atoms with Crippen molar-refractivity contribution in [2.75, 3.05) is 0 Å². The molecule has 6 heteroatoms. The van der Waals surface area contributed by atoms with E-state index >= 15 is 0 Å². The average Bonchev–Trinajstić information content (AvgIpc) is 3.18. The van der Waals surface area contributed by atoms with Gasteiger partial charge in [-0.3, -0.25) is 0 Å². The molecular weight excluding hydrogens is 440 g/mol. The van der Waals surface area contributed by atoms with Gasteiger partial charge in [0.2, 0.25) is 0 Å². The number of hydrogen-bond donors (Lipinski definition) is 1. The van der Waals surface area contributed by atoms with Crippen LogP contribution in [-0.2, 0) is 0 Å². The van der Waals surface area contributed by atoms with Crippen molar-refractivity contribution < 1.29 is 5.11 Å². The van der Waals surface area contributed by atoms with E-state index in [1.165, 1.54) is 0 Å². The van der Waals surface area contributed by atoms with Crippen molar-refractivity contribution in [2.24, 2.45) is 10.1 Å². The molecule has 30 heavy (non-hydrogen) atoms. The highest BCUT2D eigenvalue weighted by molar-refractivity contribution is 9.10. The van der Waals surface area contributed by atoms with Crippen LogP contribution in [0.4, 0.5) is 5.95 Å². The molecule has 1 N–H and O–H groups in total. The summed E-state index contributed by atoms with van der Waals surface area (Å²) < 4.78 is 2.52. The van der Waals surface area contributed by atoms with Gasteiger partial charge in [-0.2, -0.15) is 5.10 Å². The van der Waals surface area contributed by atoms with Crippen LogP contribution in [0.5, 0.6) is 5.75 Å². The van der Waals surface area contributed by atoms with Crippen LogP contribution in [0.1, 0.15) is 18.1 Å². The largest absolute Gasteiger partial charge is 0.507 e. The molecule has 148 valence electrons. The first-order valence-electron chi connectivity index (χ1n) is 9.38. The van der Waals surface area contributed by atoms with Crippen LogP contribution >= 0.6 is 15.9 Å². The summed E-state index contributed by atoms with van der Waals surface area (Å²) in [4.78, 5) is 9.17. The number of imidazole rings is 1. The van der Waals surface area contributed by atoms with Gasteiger partial charge in [-0.15, -0.1) is 0 Å². The first kappa shape index (κ1) is 19.8. The van der Waals surface area contributed by atoms with Crippen LogP contribution < -0.4 is 0 Å². The van der Waals surface area contributed by atoms with E-state index in [4.69, 9.17) is 5.10 Å². The Kier molecular flexibility index (Phi) is 5.86. The number of aliphatic imine (C=N–C) groups is 1. The molecule has 0 radical (unpaired) electrons. The molecule has 0 atom stereocenters. The number of phenols is 1. The first-order valence-corrected chi connectivity index (χ1v) is 10.2. The van der Waals surface area contributed by atoms with E-state index in [9.17, 15) is 5.11 Å². The van der Waals surface area contributed by atoms with Gasteiger partial charge in [-0.25, -0.2) is 14.7 Å². The van der Waals surface area contributed by atoms with Gasteiger partial charge in [0.25, 0.3) is 5.95 Å². The summed E-state index contributed by atoms with van der Waals surface area (Å²) in [5.41, 5.74) is 4.20. The highest BCUT2D eigenvalue weighted by Gasteiger charge is 2.10. The van der Waals surface area contributed by atoms with Gasteiger partial charge in [-0.1, -0.05) is 76.6 Å². The lowest BCUT2D eigenvalue weighted by Gasteiger charge is -2.02. The number of benzene rings is 3. The number of nitrogens with zero attached hydrogens (tertiary/aromatic N) is 4. The molecule has 4 aromatic rings. The maximum Gasteiger partial charge on any atom is 0.251 e. The lowest BCUT2D eigenvalue weighted by atomic mass is 10.1. The van der Waals surface area contributed by atoms with Crippen molar-refractivity contribution in [2.45, 2.75) is 6.92 Å². The average molecular weight is 459 g/mol. The molecule has 0 saturated carbocycles. The summed E-state index contributed by atoms with van der Waals surface area (Å²) in [6.45, 7) is 1.95. The maximum atomic E-state index is 10.1. The first-order chi connectivity index (χ1) is 14.6. The van der Waals surface area contributed by atoms with Crippen molar-refractivity contribution in [3.63, 3.8) is 0 Å². The molecule has 0 aliphatic rings. The van der Waals surface area contributed by atoms with Crippen LogP contribution in [0.25, 0.3) is 11.3 Å². The monoisotopic (exact) mass is 458 g/mol. The summed E-state index contributed by atoms with van der Waals surface area (Å²) in [6.07, 6.45) is 3.44. The third-order valence-corrected chi connectivity index (χ3v) is 4.99. The Morgan fingerprint density at radius 2 is 1.70 bits per heavy atom. The van der Waals surface area contributed by atoms with Gasteiger partial charge in [-0.05, 0) is 30.7 Å². The third-order valence-electron chi connectivity index (χ3n) is 4.50. The molecular formula is C24H19BrN4O. The van der Waals surface area contributed by atoms with Gasteiger partial charge < -0.3 is 5.11 Å². The Balaban J connectivity index is 1.77. The molecule has 0 saturated heterocycles. The van der Waals surface area contributed by atoms with Gasteiger partial charge in [0.15, 0.2) is 0 Å². The molecule has 3 aromatic carbocycles. The van der Waals surface area contributed by atoms with Gasteiger partial charge in [0, 0.05) is 21.8 Å². The van der Waals surface area contributed by atoms with E-state index in [1.54, 1.807) is 29.1 Å². The predicted octanol–water partition coefficient (Wildman–Crippen LogP) is 6.04. The minimum absolute atomic E-state index is 0.146. The zero-order chi connectivity index (χ0) is 20.9. The van der Waals surface area contributed by atoms with Crippen molar-refractivity contribution in [3.05, 3.63) is 101 Å². The number of halogens is 1. The van der Waals surface area contributed by atoms with E-state index < -0.39 is 0 Å². The SMILES string of the molecule is CC(=Nn1cc(-c2ccccc2)nc1/N=C/c1cc(Br)ccc1O)c1ccccc1. The Labute approximate surface area is 183 Å². The van der Waals surface area contributed by atoms with Gasteiger partial charge in [0.1, 0.15) is 5.75 Å². The summed E-state index contributed by atoms with van der Waals surface area (Å²) in [7, 11) is 0. The quantitative estimate of drug-likeness (QED) is 0.370. The van der Waals surface area contributed by atoms with E-state index in [2.05, 4.69) is 25.9 Å². The molecule has 0 bridgehead atoms. The molecule has 0 fully saturated rings. The molecule has 0 spiro atoms. The molecule has 5 nitrogen and oxygen atoms in total. The molecule has 0 unspecified atom stereocenters. The lowest BCUT2D eigenvalue weighted by Crippen LogP contribution is -1.98. The highest BCUT2D eigenvalue weighted by Crippen LogP contribution is 2.24. The number of rotatable bonds is 5. The van der Waals surface area contributed by atoms with Gasteiger partial charge >= 0.3 is 0 Å².